The zero-order chi connectivity index (χ0) is 50.6. The average Bonchev–Trinajstić information content (AvgIpc) is 3.82. The van der Waals surface area contributed by atoms with E-state index in [9.17, 15) is 0 Å². The third kappa shape index (κ3) is 8.67. The molecule has 1 heterocycles. The molecule has 0 aliphatic rings. The maximum Gasteiger partial charge on any atom is 0.143 e. The second-order valence-corrected chi connectivity index (χ2v) is 21.7. The number of fused-ring (bicyclic) bond motifs is 4. The van der Waals surface area contributed by atoms with Crippen LogP contribution >= 0.6 is 0 Å². The van der Waals surface area contributed by atoms with Gasteiger partial charge in [-0.1, -0.05) is 248 Å². The molecule has 0 unspecified atom stereocenters. The molecule has 0 saturated heterocycles. The SMILES string of the molecule is CC(C)(C)c1cc(-c2cccc3cccc(-c4ccccc4N(c4ccc(-c5ccc(-c6ccccc6)c(-c6ccccc6)c5)cc4)c4cccc(-c5cccc6c5oc5ccccc56)c4)c23)cc(C(C)(C)C)c1. The Balaban J connectivity index is 1.04. The Hall–Kier alpha value is -8.72. The lowest BCUT2D eigenvalue weighted by molar-refractivity contribution is 0.569. The summed E-state index contributed by atoms with van der Waals surface area (Å²) < 4.78 is 6.64. The standard InChI is InChI=1S/C72H59NO/c1-71(2,3)55-43-54(44-56(47-55)72(4,5)6)60-31-18-25-51-26-19-33-64(69(51)60)62-29-13-15-35-67(62)73(58-28-17-27-53(45-58)61-32-20-34-65-63-30-14-16-36-68(63)74-70(61)65)57-40-37-48(38-41-57)52-39-42-59(49-21-9-7-10-22-49)66(46-52)50-23-11-8-12-24-50/h7-47H,1-6H3. The van der Waals surface area contributed by atoms with Gasteiger partial charge in [-0.15, -0.1) is 0 Å². The van der Waals surface area contributed by atoms with Crippen molar-refractivity contribution < 1.29 is 4.42 Å². The zero-order valence-corrected chi connectivity index (χ0v) is 43.0. The molecule has 0 spiro atoms. The highest BCUT2D eigenvalue weighted by Gasteiger charge is 2.24. The van der Waals surface area contributed by atoms with Crippen LogP contribution < -0.4 is 4.90 Å². The van der Waals surface area contributed by atoms with Gasteiger partial charge in [0.1, 0.15) is 11.2 Å². The summed E-state index contributed by atoms with van der Waals surface area (Å²) in [6.07, 6.45) is 0. The van der Waals surface area contributed by atoms with Gasteiger partial charge in [0.05, 0.1) is 5.69 Å². The number of hydrogen-bond acceptors (Lipinski definition) is 2. The minimum atomic E-state index is -0.0215. The lowest BCUT2D eigenvalue weighted by Crippen LogP contribution is -2.16. The van der Waals surface area contributed by atoms with Crippen molar-refractivity contribution in [1.82, 2.24) is 0 Å². The summed E-state index contributed by atoms with van der Waals surface area (Å²) in [6, 6.07) is 91.0. The molecule has 0 fully saturated rings. The number of hydrogen-bond donors (Lipinski definition) is 0. The minimum absolute atomic E-state index is 0.0215. The van der Waals surface area contributed by atoms with Crippen molar-refractivity contribution in [3.05, 3.63) is 260 Å². The molecule has 0 N–H and O–H groups in total. The Kier molecular flexibility index (Phi) is 11.7. The van der Waals surface area contributed by atoms with E-state index in [1.807, 2.05) is 6.07 Å². The van der Waals surface area contributed by atoms with E-state index in [0.29, 0.717) is 0 Å². The summed E-state index contributed by atoms with van der Waals surface area (Å²) in [4.78, 5) is 2.44. The van der Waals surface area contributed by atoms with E-state index in [0.717, 1.165) is 66.8 Å². The van der Waals surface area contributed by atoms with Crippen LogP contribution in [0.4, 0.5) is 17.1 Å². The molecule has 1 aromatic heterocycles. The van der Waals surface area contributed by atoms with Crippen molar-refractivity contribution in [3.63, 3.8) is 0 Å². The molecule has 2 nitrogen and oxygen atoms in total. The third-order valence-corrected chi connectivity index (χ3v) is 14.8. The Morgan fingerprint density at radius 1 is 0.311 bits per heavy atom. The fraction of sp³-hybridized carbons (Fsp3) is 0.111. The summed E-state index contributed by atoms with van der Waals surface area (Å²) in [5.41, 5.74) is 21.7. The van der Waals surface area contributed by atoms with Crippen molar-refractivity contribution in [2.75, 3.05) is 4.90 Å². The van der Waals surface area contributed by atoms with Crippen molar-refractivity contribution in [2.45, 2.75) is 52.4 Å². The van der Waals surface area contributed by atoms with E-state index in [-0.39, 0.29) is 10.8 Å². The molecule has 0 aliphatic heterocycles. The lowest BCUT2D eigenvalue weighted by Gasteiger charge is -2.29. The molecule has 0 atom stereocenters. The van der Waals surface area contributed by atoms with Gasteiger partial charge in [-0.25, -0.2) is 0 Å². The lowest BCUT2D eigenvalue weighted by atomic mass is 9.78. The molecule has 0 amide bonds. The number of benzene rings is 11. The molecule has 0 aliphatic carbocycles. The number of nitrogens with zero attached hydrogens (tertiary/aromatic N) is 1. The number of rotatable bonds is 9. The molecule has 12 aromatic rings. The number of furan rings is 1. The van der Waals surface area contributed by atoms with Gasteiger partial charge in [0.25, 0.3) is 0 Å². The van der Waals surface area contributed by atoms with E-state index in [2.05, 4.69) is 289 Å². The van der Waals surface area contributed by atoms with Crippen LogP contribution in [-0.2, 0) is 10.8 Å². The predicted octanol–water partition coefficient (Wildman–Crippen LogP) is 20.8. The molecule has 12 rings (SSSR count). The normalized spacial score (nSPS) is 11.9. The summed E-state index contributed by atoms with van der Waals surface area (Å²) in [6.45, 7) is 13.9. The van der Waals surface area contributed by atoms with E-state index in [4.69, 9.17) is 4.42 Å². The van der Waals surface area contributed by atoms with Crippen LogP contribution in [0, 0.1) is 0 Å². The predicted molar refractivity (Wildman–Crippen MR) is 316 cm³/mol. The van der Waals surface area contributed by atoms with Crippen LogP contribution in [0.3, 0.4) is 0 Å². The van der Waals surface area contributed by atoms with E-state index >= 15 is 0 Å². The molecular formula is C72H59NO. The highest BCUT2D eigenvalue weighted by Crippen LogP contribution is 2.47. The molecule has 0 saturated carbocycles. The Morgan fingerprint density at radius 3 is 1.58 bits per heavy atom. The molecule has 358 valence electrons. The van der Waals surface area contributed by atoms with Gasteiger partial charge in [-0.05, 0) is 131 Å². The highest BCUT2D eigenvalue weighted by molar-refractivity contribution is 6.11. The van der Waals surface area contributed by atoms with Gasteiger partial charge in [0.15, 0.2) is 0 Å². The first-order valence-corrected chi connectivity index (χ1v) is 25.9. The topological polar surface area (TPSA) is 16.4 Å². The first-order valence-electron chi connectivity index (χ1n) is 25.9. The molecule has 2 heteroatoms. The van der Waals surface area contributed by atoms with E-state index in [1.165, 1.54) is 60.8 Å². The van der Waals surface area contributed by atoms with Gasteiger partial charge in [0.2, 0.25) is 0 Å². The largest absolute Gasteiger partial charge is 0.455 e. The quantitative estimate of drug-likeness (QED) is 0.143. The van der Waals surface area contributed by atoms with Crippen molar-refractivity contribution in [2.24, 2.45) is 0 Å². The summed E-state index contributed by atoms with van der Waals surface area (Å²) in [5.74, 6) is 0. The summed E-state index contributed by atoms with van der Waals surface area (Å²) >= 11 is 0. The molecule has 74 heavy (non-hydrogen) atoms. The Labute approximate surface area is 435 Å². The first kappa shape index (κ1) is 46.4. The summed E-state index contributed by atoms with van der Waals surface area (Å²) in [5, 5.41) is 4.68. The van der Waals surface area contributed by atoms with Gasteiger partial charge in [-0.3, -0.25) is 0 Å². The molecular weight excluding hydrogens is 895 g/mol. The third-order valence-electron chi connectivity index (χ3n) is 14.8. The molecule has 11 aromatic carbocycles. The van der Waals surface area contributed by atoms with Crippen LogP contribution in [0.2, 0.25) is 0 Å². The fourth-order valence-corrected chi connectivity index (χ4v) is 10.8. The van der Waals surface area contributed by atoms with Crippen molar-refractivity contribution in [1.29, 1.82) is 0 Å². The Bertz CT molecular complexity index is 3980. The monoisotopic (exact) mass is 953 g/mol. The van der Waals surface area contributed by atoms with Crippen LogP contribution in [0.25, 0.3) is 99.5 Å². The highest BCUT2D eigenvalue weighted by atomic mass is 16.3. The van der Waals surface area contributed by atoms with Gasteiger partial charge >= 0.3 is 0 Å². The van der Waals surface area contributed by atoms with Crippen LogP contribution in [0.1, 0.15) is 52.7 Å². The Morgan fingerprint density at radius 2 is 0.865 bits per heavy atom. The second-order valence-electron chi connectivity index (χ2n) is 21.7. The maximum atomic E-state index is 6.64. The first-order chi connectivity index (χ1) is 36.0. The number of para-hydroxylation sites is 3. The van der Waals surface area contributed by atoms with Crippen molar-refractivity contribution >= 4 is 49.8 Å². The average molecular weight is 954 g/mol. The molecule has 0 radical (unpaired) electrons. The van der Waals surface area contributed by atoms with Gasteiger partial charge in [0, 0.05) is 33.3 Å². The zero-order valence-electron chi connectivity index (χ0n) is 43.0. The van der Waals surface area contributed by atoms with Crippen molar-refractivity contribution in [3.8, 4) is 66.8 Å². The van der Waals surface area contributed by atoms with Crippen LogP contribution in [0.5, 0.6) is 0 Å². The van der Waals surface area contributed by atoms with Crippen LogP contribution in [-0.4, -0.2) is 0 Å². The van der Waals surface area contributed by atoms with Gasteiger partial charge < -0.3 is 9.32 Å². The van der Waals surface area contributed by atoms with E-state index in [1.54, 1.807) is 0 Å². The second kappa shape index (κ2) is 18.7. The van der Waals surface area contributed by atoms with Crippen LogP contribution in [0.15, 0.2) is 253 Å². The summed E-state index contributed by atoms with van der Waals surface area (Å²) in [7, 11) is 0. The van der Waals surface area contributed by atoms with Gasteiger partial charge in [-0.2, -0.15) is 0 Å². The smallest absolute Gasteiger partial charge is 0.143 e. The fourth-order valence-electron chi connectivity index (χ4n) is 10.8. The number of anilines is 3. The molecule has 0 bridgehead atoms. The van der Waals surface area contributed by atoms with E-state index < -0.39 is 0 Å². The minimum Gasteiger partial charge on any atom is -0.455 e. The maximum absolute atomic E-state index is 6.64.